The number of hydrogen-bond donors (Lipinski definition) is 2. The molecule has 0 spiro atoms. The highest BCUT2D eigenvalue weighted by molar-refractivity contribution is 7.15. The number of ether oxygens (including phenoxy) is 1. The average Bonchev–Trinajstić information content (AvgIpc) is 2.84. The molecule has 1 heterocycles. The smallest absolute Gasteiger partial charge is 0.312 e. The molecule has 0 atom stereocenters. The van der Waals surface area contributed by atoms with E-state index in [-0.39, 0.29) is 17.9 Å². The second-order valence-corrected chi connectivity index (χ2v) is 5.77. The predicted molar refractivity (Wildman–Crippen MR) is 85.7 cm³/mol. The molecule has 2 rings (SSSR count). The largest absolute Gasteiger partial charge is 0.490 e. The fourth-order valence-corrected chi connectivity index (χ4v) is 2.95. The molecule has 1 aromatic carbocycles. The van der Waals surface area contributed by atoms with Crippen molar-refractivity contribution in [3.05, 3.63) is 38.9 Å². The number of carboxylic acids is 1. The van der Waals surface area contributed by atoms with Crippen molar-refractivity contribution < 1.29 is 19.6 Å². The van der Waals surface area contributed by atoms with Gasteiger partial charge in [0.05, 0.1) is 24.1 Å². The number of nitrogens with one attached hydrogen (secondary N) is 1. The average molecular weight is 337 g/mol. The summed E-state index contributed by atoms with van der Waals surface area (Å²) in [5, 5.41) is 23.3. The zero-order valence-corrected chi connectivity index (χ0v) is 13.3. The molecule has 0 aliphatic heterocycles. The third kappa shape index (κ3) is 4.16. The third-order valence-corrected chi connectivity index (χ3v) is 4.22. The first-order chi connectivity index (χ1) is 10.9. The van der Waals surface area contributed by atoms with E-state index in [0.717, 1.165) is 10.6 Å². The van der Waals surface area contributed by atoms with E-state index in [0.29, 0.717) is 17.2 Å². The fourth-order valence-electron chi connectivity index (χ4n) is 1.97. The molecule has 1 aromatic heterocycles. The third-order valence-electron chi connectivity index (χ3n) is 3.09. The van der Waals surface area contributed by atoms with E-state index >= 15 is 0 Å². The number of aromatic nitrogens is 1. The van der Waals surface area contributed by atoms with Crippen LogP contribution in [0.25, 0.3) is 0 Å². The van der Waals surface area contributed by atoms with Crippen LogP contribution in [0.3, 0.4) is 0 Å². The van der Waals surface area contributed by atoms with Crippen molar-refractivity contribution in [2.75, 3.05) is 12.4 Å². The molecule has 0 bridgehead atoms. The first-order valence-corrected chi connectivity index (χ1v) is 7.50. The number of aryl methyl sites for hydroxylation is 2. The SMILES string of the molecule is COc1ccc(Nc2nc(C)c(CCC(=O)O)s2)cc1[N+](=O)[O-]. The Bertz CT molecular complexity index is 744. The monoisotopic (exact) mass is 337 g/mol. The minimum absolute atomic E-state index is 0.0382. The number of methoxy groups -OCH3 is 1. The van der Waals surface area contributed by atoms with Gasteiger partial charge in [0.15, 0.2) is 10.9 Å². The molecule has 0 amide bonds. The van der Waals surface area contributed by atoms with Gasteiger partial charge >= 0.3 is 11.7 Å². The Kier molecular flexibility index (Phi) is 5.12. The van der Waals surface area contributed by atoms with Gasteiger partial charge in [-0.15, -0.1) is 11.3 Å². The lowest BCUT2D eigenvalue weighted by Crippen LogP contribution is -1.96. The number of benzene rings is 1. The van der Waals surface area contributed by atoms with Crippen LogP contribution in [0, 0.1) is 17.0 Å². The van der Waals surface area contributed by atoms with Crippen molar-refractivity contribution >= 4 is 33.8 Å². The van der Waals surface area contributed by atoms with Crippen molar-refractivity contribution in [3.63, 3.8) is 0 Å². The molecule has 122 valence electrons. The molecular formula is C14H15N3O5S. The number of nitro groups is 1. The summed E-state index contributed by atoms with van der Waals surface area (Å²) < 4.78 is 4.95. The lowest BCUT2D eigenvalue weighted by atomic mass is 10.2. The maximum atomic E-state index is 11.0. The first-order valence-electron chi connectivity index (χ1n) is 6.68. The number of nitrogens with zero attached hydrogens (tertiary/aromatic N) is 2. The lowest BCUT2D eigenvalue weighted by molar-refractivity contribution is -0.385. The van der Waals surface area contributed by atoms with Gasteiger partial charge < -0.3 is 15.2 Å². The van der Waals surface area contributed by atoms with Crippen molar-refractivity contribution in [2.24, 2.45) is 0 Å². The molecule has 23 heavy (non-hydrogen) atoms. The topological polar surface area (TPSA) is 115 Å². The normalized spacial score (nSPS) is 10.3. The zero-order valence-electron chi connectivity index (χ0n) is 12.5. The molecule has 0 fully saturated rings. The number of thiazole rings is 1. The van der Waals surface area contributed by atoms with E-state index < -0.39 is 10.9 Å². The van der Waals surface area contributed by atoms with Crippen LogP contribution in [-0.2, 0) is 11.2 Å². The van der Waals surface area contributed by atoms with Crippen LogP contribution in [0.5, 0.6) is 5.75 Å². The van der Waals surface area contributed by atoms with Crippen LogP contribution < -0.4 is 10.1 Å². The molecule has 2 N–H and O–H groups in total. The fraction of sp³-hybridized carbons (Fsp3) is 0.286. The molecule has 0 saturated heterocycles. The molecule has 0 aliphatic carbocycles. The molecule has 0 saturated carbocycles. The summed E-state index contributed by atoms with van der Waals surface area (Å²) in [7, 11) is 1.37. The Balaban J connectivity index is 2.19. The molecule has 0 radical (unpaired) electrons. The van der Waals surface area contributed by atoms with E-state index in [2.05, 4.69) is 10.3 Å². The summed E-state index contributed by atoms with van der Waals surface area (Å²) in [6.45, 7) is 1.80. The van der Waals surface area contributed by atoms with Gasteiger partial charge in [-0.3, -0.25) is 14.9 Å². The molecule has 2 aromatic rings. The van der Waals surface area contributed by atoms with Crippen LogP contribution in [0.1, 0.15) is 17.0 Å². The van der Waals surface area contributed by atoms with Crippen LogP contribution in [0.15, 0.2) is 18.2 Å². The summed E-state index contributed by atoms with van der Waals surface area (Å²) in [5.74, 6) is -0.684. The van der Waals surface area contributed by atoms with Crippen LogP contribution >= 0.6 is 11.3 Å². The summed E-state index contributed by atoms with van der Waals surface area (Å²) in [6, 6.07) is 4.53. The number of carbonyl (C=O) groups is 1. The van der Waals surface area contributed by atoms with Gasteiger partial charge in [0.1, 0.15) is 0 Å². The zero-order chi connectivity index (χ0) is 17.0. The van der Waals surface area contributed by atoms with E-state index in [1.165, 1.54) is 30.6 Å². The maximum absolute atomic E-state index is 11.0. The second-order valence-electron chi connectivity index (χ2n) is 4.69. The van der Waals surface area contributed by atoms with Gasteiger partial charge in [0, 0.05) is 16.6 Å². The van der Waals surface area contributed by atoms with Crippen molar-refractivity contribution in [2.45, 2.75) is 19.8 Å². The van der Waals surface area contributed by atoms with Gasteiger partial charge in [-0.2, -0.15) is 0 Å². The molecule has 0 unspecified atom stereocenters. The number of rotatable bonds is 7. The molecule has 0 aliphatic rings. The Hall–Kier alpha value is -2.68. The number of anilines is 2. The van der Waals surface area contributed by atoms with Crippen molar-refractivity contribution in [3.8, 4) is 5.75 Å². The molecule has 9 heteroatoms. The van der Waals surface area contributed by atoms with E-state index in [1.54, 1.807) is 13.0 Å². The Morgan fingerprint density at radius 2 is 2.26 bits per heavy atom. The summed E-state index contributed by atoms with van der Waals surface area (Å²) >= 11 is 1.33. The first kappa shape index (κ1) is 16.7. The molecular weight excluding hydrogens is 322 g/mol. The maximum Gasteiger partial charge on any atom is 0.312 e. The predicted octanol–water partition coefficient (Wildman–Crippen LogP) is 3.13. The Labute approximate surface area is 135 Å². The van der Waals surface area contributed by atoms with E-state index in [9.17, 15) is 14.9 Å². The second kappa shape index (κ2) is 7.05. The van der Waals surface area contributed by atoms with Gasteiger partial charge in [-0.05, 0) is 25.5 Å². The Morgan fingerprint density at radius 1 is 1.52 bits per heavy atom. The summed E-state index contributed by atoms with van der Waals surface area (Å²) in [4.78, 5) is 26.3. The van der Waals surface area contributed by atoms with Crippen molar-refractivity contribution in [1.29, 1.82) is 0 Å². The Morgan fingerprint density at radius 3 is 2.87 bits per heavy atom. The van der Waals surface area contributed by atoms with Gasteiger partial charge in [-0.25, -0.2) is 4.98 Å². The van der Waals surface area contributed by atoms with Crippen molar-refractivity contribution in [1.82, 2.24) is 4.98 Å². The standard InChI is InChI=1S/C14H15N3O5S/c1-8-12(5-6-13(18)19)23-14(15-8)16-9-3-4-11(22-2)10(7-9)17(20)21/h3-4,7H,5-6H2,1-2H3,(H,15,16)(H,18,19). The minimum Gasteiger partial charge on any atom is -0.490 e. The minimum atomic E-state index is -0.863. The molecule has 8 nitrogen and oxygen atoms in total. The number of aliphatic carboxylic acids is 1. The summed E-state index contributed by atoms with van der Waals surface area (Å²) in [6.07, 6.45) is 0.444. The van der Waals surface area contributed by atoms with E-state index in [4.69, 9.17) is 9.84 Å². The van der Waals surface area contributed by atoms with Gasteiger partial charge in [-0.1, -0.05) is 0 Å². The number of hydrogen-bond acceptors (Lipinski definition) is 7. The van der Waals surface area contributed by atoms with Gasteiger partial charge in [0.25, 0.3) is 0 Å². The highest BCUT2D eigenvalue weighted by Crippen LogP contribution is 2.32. The van der Waals surface area contributed by atoms with E-state index in [1.807, 2.05) is 0 Å². The quantitative estimate of drug-likeness (QED) is 0.589. The highest BCUT2D eigenvalue weighted by atomic mass is 32.1. The van der Waals surface area contributed by atoms with Crippen LogP contribution in [0.4, 0.5) is 16.5 Å². The van der Waals surface area contributed by atoms with Crippen LogP contribution in [-0.4, -0.2) is 28.1 Å². The number of nitro benzene ring substituents is 1. The summed E-state index contributed by atoms with van der Waals surface area (Å²) in [5.41, 5.74) is 1.12. The highest BCUT2D eigenvalue weighted by Gasteiger charge is 2.16. The number of carboxylic acid groups (broad SMARTS) is 1. The van der Waals surface area contributed by atoms with Crippen LogP contribution in [0.2, 0.25) is 0 Å². The lowest BCUT2D eigenvalue weighted by Gasteiger charge is -2.05. The van der Waals surface area contributed by atoms with Gasteiger partial charge in [0.2, 0.25) is 0 Å².